The third kappa shape index (κ3) is 3.02. The largest absolute Gasteiger partial charge is 0.379 e. The van der Waals surface area contributed by atoms with Crippen molar-refractivity contribution in [2.24, 2.45) is 0 Å². The van der Waals surface area contributed by atoms with E-state index < -0.39 is 5.82 Å². The van der Waals surface area contributed by atoms with Crippen molar-refractivity contribution in [3.8, 4) is 0 Å². The van der Waals surface area contributed by atoms with E-state index in [0.717, 1.165) is 12.3 Å². The second-order valence-electron chi connectivity index (χ2n) is 4.11. The Balaban J connectivity index is 2.02. The number of rotatable bonds is 3. The van der Waals surface area contributed by atoms with Gasteiger partial charge in [0.2, 0.25) is 0 Å². The summed E-state index contributed by atoms with van der Waals surface area (Å²) in [6, 6.07) is 1.03. The minimum Gasteiger partial charge on any atom is -0.379 e. The zero-order valence-electron chi connectivity index (χ0n) is 10.1. The summed E-state index contributed by atoms with van der Waals surface area (Å²) in [5.41, 5.74) is 0.205. The first-order valence-electron chi connectivity index (χ1n) is 5.72. The molecule has 1 aromatic heterocycles. The first-order chi connectivity index (χ1) is 8.70. The molecule has 1 aromatic rings. The maximum absolute atomic E-state index is 13.0. The lowest BCUT2D eigenvalue weighted by Crippen LogP contribution is -2.49. The normalized spacial score (nSPS) is 23.7. The molecular formula is C12H15FN2O3. The number of aromatic nitrogens is 1. The van der Waals surface area contributed by atoms with E-state index in [-0.39, 0.29) is 23.6 Å². The summed E-state index contributed by atoms with van der Waals surface area (Å²) >= 11 is 0. The SMILES string of the molecule is CO[C@@H]1COCC[C@H]1NC(=O)c1cncc(F)c1. The molecule has 1 aliphatic heterocycles. The minimum absolute atomic E-state index is 0.125. The zero-order chi connectivity index (χ0) is 13.0. The molecule has 1 amide bonds. The Labute approximate surface area is 104 Å². The summed E-state index contributed by atoms with van der Waals surface area (Å²) < 4.78 is 23.5. The predicted molar refractivity (Wildman–Crippen MR) is 61.7 cm³/mol. The van der Waals surface area contributed by atoms with Crippen LogP contribution in [0.5, 0.6) is 0 Å². The fourth-order valence-corrected chi connectivity index (χ4v) is 1.90. The van der Waals surface area contributed by atoms with Gasteiger partial charge in [0, 0.05) is 19.9 Å². The lowest BCUT2D eigenvalue weighted by molar-refractivity contribution is -0.0479. The molecule has 0 aromatic carbocycles. The van der Waals surface area contributed by atoms with Gasteiger partial charge in [-0.2, -0.15) is 0 Å². The molecular weight excluding hydrogens is 239 g/mol. The number of hydrogen-bond donors (Lipinski definition) is 1. The number of halogens is 1. The zero-order valence-corrected chi connectivity index (χ0v) is 10.1. The number of amides is 1. The van der Waals surface area contributed by atoms with Crippen molar-refractivity contribution in [1.29, 1.82) is 0 Å². The highest BCUT2D eigenvalue weighted by atomic mass is 19.1. The molecule has 0 spiro atoms. The van der Waals surface area contributed by atoms with Crippen LogP contribution in [0.15, 0.2) is 18.5 Å². The van der Waals surface area contributed by atoms with Crippen LogP contribution in [0.4, 0.5) is 4.39 Å². The highest BCUT2D eigenvalue weighted by Crippen LogP contribution is 2.11. The van der Waals surface area contributed by atoms with E-state index in [1.165, 1.54) is 6.20 Å². The number of nitrogens with one attached hydrogen (secondary N) is 1. The second kappa shape index (κ2) is 5.88. The van der Waals surface area contributed by atoms with Crippen LogP contribution < -0.4 is 5.32 Å². The molecule has 0 unspecified atom stereocenters. The van der Waals surface area contributed by atoms with E-state index in [2.05, 4.69) is 10.3 Å². The third-order valence-corrected chi connectivity index (χ3v) is 2.89. The van der Waals surface area contributed by atoms with Crippen LogP contribution in [0, 0.1) is 5.82 Å². The fraction of sp³-hybridized carbons (Fsp3) is 0.500. The molecule has 18 heavy (non-hydrogen) atoms. The van der Waals surface area contributed by atoms with Crippen LogP contribution in [0.25, 0.3) is 0 Å². The Morgan fingerprint density at radius 3 is 3.17 bits per heavy atom. The maximum atomic E-state index is 13.0. The summed E-state index contributed by atoms with van der Waals surface area (Å²) in [6.07, 6.45) is 2.89. The van der Waals surface area contributed by atoms with Crippen molar-refractivity contribution in [1.82, 2.24) is 10.3 Å². The monoisotopic (exact) mass is 254 g/mol. The van der Waals surface area contributed by atoms with Crippen molar-refractivity contribution < 1.29 is 18.7 Å². The molecule has 98 valence electrons. The molecule has 0 radical (unpaired) electrons. The Morgan fingerprint density at radius 1 is 1.61 bits per heavy atom. The van der Waals surface area contributed by atoms with Gasteiger partial charge >= 0.3 is 0 Å². The number of methoxy groups -OCH3 is 1. The van der Waals surface area contributed by atoms with Crippen LogP contribution in [0.1, 0.15) is 16.8 Å². The van der Waals surface area contributed by atoms with Crippen LogP contribution in [-0.4, -0.2) is 43.4 Å². The van der Waals surface area contributed by atoms with E-state index in [1.54, 1.807) is 7.11 Å². The Kier molecular flexibility index (Phi) is 4.22. The number of carbonyl (C=O) groups excluding carboxylic acids is 1. The molecule has 1 fully saturated rings. The standard InChI is InChI=1S/C12H15FN2O3/c1-17-11-7-18-3-2-10(11)15-12(16)8-4-9(13)6-14-5-8/h4-6,10-11H,2-3,7H2,1H3,(H,15,16)/t10-,11-/m1/s1. The molecule has 0 saturated carbocycles. The third-order valence-electron chi connectivity index (χ3n) is 2.89. The van der Waals surface area contributed by atoms with Gasteiger partial charge in [0.15, 0.2) is 0 Å². The van der Waals surface area contributed by atoms with Crippen molar-refractivity contribution in [3.63, 3.8) is 0 Å². The topological polar surface area (TPSA) is 60.5 Å². The minimum atomic E-state index is -0.530. The molecule has 6 heteroatoms. The van der Waals surface area contributed by atoms with Crippen LogP contribution in [0.2, 0.25) is 0 Å². The molecule has 0 aliphatic carbocycles. The average Bonchev–Trinajstić information content (AvgIpc) is 2.39. The highest BCUT2D eigenvalue weighted by molar-refractivity contribution is 5.94. The molecule has 0 bridgehead atoms. The summed E-state index contributed by atoms with van der Waals surface area (Å²) in [5, 5.41) is 2.81. The Hall–Kier alpha value is -1.53. The molecule has 1 aliphatic rings. The molecule has 1 saturated heterocycles. The fourth-order valence-electron chi connectivity index (χ4n) is 1.90. The van der Waals surface area contributed by atoms with E-state index in [0.29, 0.717) is 19.6 Å². The number of ether oxygens (including phenoxy) is 2. The van der Waals surface area contributed by atoms with Gasteiger partial charge in [-0.25, -0.2) is 4.39 Å². The number of nitrogens with zero attached hydrogens (tertiary/aromatic N) is 1. The maximum Gasteiger partial charge on any atom is 0.253 e. The van der Waals surface area contributed by atoms with Gasteiger partial charge in [0.25, 0.3) is 5.91 Å². The van der Waals surface area contributed by atoms with Crippen molar-refractivity contribution in [2.45, 2.75) is 18.6 Å². The highest BCUT2D eigenvalue weighted by Gasteiger charge is 2.27. The second-order valence-corrected chi connectivity index (χ2v) is 4.11. The van der Waals surface area contributed by atoms with E-state index in [4.69, 9.17) is 9.47 Å². The smallest absolute Gasteiger partial charge is 0.253 e. The molecule has 2 heterocycles. The first kappa shape index (κ1) is 12.9. The van der Waals surface area contributed by atoms with Gasteiger partial charge in [-0.3, -0.25) is 9.78 Å². The van der Waals surface area contributed by atoms with Crippen molar-refractivity contribution >= 4 is 5.91 Å². The van der Waals surface area contributed by atoms with Crippen LogP contribution in [0.3, 0.4) is 0 Å². The quantitative estimate of drug-likeness (QED) is 0.865. The van der Waals surface area contributed by atoms with Crippen LogP contribution >= 0.6 is 0 Å². The Bertz CT molecular complexity index is 428. The van der Waals surface area contributed by atoms with Crippen molar-refractivity contribution in [2.75, 3.05) is 20.3 Å². The van der Waals surface area contributed by atoms with Crippen molar-refractivity contribution in [3.05, 3.63) is 29.8 Å². The van der Waals surface area contributed by atoms with Crippen LogP contribution in [-0.2, 0) is 9.47 Å². The van der Waals surface area contributed by atoms with E-state index in [1.807, 2.05) is 0 Å². The van der Waals surface area contributed by atoms with Gasteiger partial charge in [-0.1, -0.05) is 0 Å². The molecule has 2 rings (SSSR count). The summed E-state index contributed by atoms with van der Waals surface area (Å²) in [4.78, 5) is 15.6. The number of carbonyl (C=O) groups is 1. The molecule has 2 atom stereocenters. The summed E-state index contributed by atoms with van der Waals surface area (Å²) in [7, 11) is 1.57. The molecule has 5 nitrogen and oxygen atoms in total. The average molecular weight is 254 g/mol. The number of pyridine rings is 1. The van der Waals surface area contributed by atoms with E-state index in [9.17, 15) is 9.18 Å². The first-order valence-corrected chi connectivity index (χ1v) is 5.72. The van der Waals surface area contributed by atoms with E-state index >= 15 is 0 Å². The van der Waals surface area contributed by atoms with Gasteiger partial charge < -0.3 is 14.8 Å². The summed E-state index contributed by atoms with van der Waals surface area (Å²) in [6.45, 7) is 1.02. The lowest BCUT2D eigenvalue weighted by Gasteiger charge is -2.30. The van der Waals surface area contributed by atoms with Gasteiger partial charge in [0.05, 0.1) is 24.4 Å². The number of hydrogen-bond acceptors (Lipinski definition) is 4. The Morgan fingerprint density at radius 2 is 2.44 bits per heavy atom. The summed E-state index contributed by atoms with van der Waals surface area (Å²) in [5.74, 6) is -0.881. The molecule has 1 N–H and O–H groups in total. The lowest BCUT2D eigenvalue weighted by atomic mass is 10.1. The van der Waals surface area contributed by atoms with Gasteiger partial charge in [0.1, 0.15) is 11.9 Å². The van der Waals surface area contributed by atoms with Gasteiger partial charge in [-0.05, 0) is 12.5 Å². The predicted octanol–water partition coefficient (Wildman–Crippen LogP) is 0.754. The van der Waals surface area contributed by atoms with Gasteiger partial charge in [-0.15, -0.1) is 0 Å².